The summed E-state index contributed by atoms with van der Waals surface area (Å²) in [5.41, 5.74) is -0.223. The van der Waals surface area contributed by atoms with Gasteiger partial charge in [-0.15, -0.1) is 0 Å². The van der Waals surface area contributed by atoms with Gasteiger partial charge in [0.2, 0.25) is 0 Å². The molecule has 1 fully saturated rings. The highest BCUT2D eigenvalue weighted by atomic mass is 31.3. The number of hydrogen-bond donors (Lipinski definition) is 7. The van der Waals surface area contributed by atoms with Crippen molar-refractivity contribution in [3.8, 4) is 0 Å². The molecular weight excluding hydrogens is 507 g/mol. The van der Waals surface area contributed by atoms with Crippen molar-refractivity contribution in [3.63, 3.8) is 0 Å². The van der Waals surface area contributed by atoms with Gasteiger partial charge in [-0.1, -0.05) is 0 Å². The molecule has 0 aromatic carbocycles. The first-order valence-electron chi connectivity index (χ1n) is 8.02. The van der Waals surface area contributed by atoms with Crippen molar-refractivity contribution in [2.45, 2.75) is 24.5 Å². The Morgan fingerprint density at radius 1 is 1.09 bits per heavy atom. The summed E-state index contributed by atoms with van der Waals surface area (Å²) < 4.78 is 50.4. The molecule has 7 N–H and O–H groups in total. The number of urea groups is 1. The number of amides is 2. The molecule has 2 amide bonds. The van der Waals surface area contributed by atoms with Gasteiger partial charge >= 0.3 is 29.5 Å². The van der Waals surface area contributed by atoms with E-state index < -0.39 is 66.5 Å². The van der Waals surface area contributed by atoms with Crippen molar-refractivity contribution < 1.29 is 66.2 Å². The van der Waals surface area contributed by atoms with Gasteiger partial charge in [0.1, 0.15) is 24.7 Å². The molecule has 3 rings (SSSR count). The van der Waals surface area contributed by atoms with Crippen molar-refractivity contribution in [2.24, 2.45) is 15.0 Å². The van der Waals surface area contributed by atoms with Crippen molar-refractivity contribution >= 4 is 53.2 Å². The maximum absolute atomic E-state index is 12.2. The van der Waals surface area contributed by atoms with E-state index in [1.54, 1.807) is 0 Å². The third-order valence-corrected chi connectivity index (χ3v) is 7.66. The number of aliphatic hydroxyl groups excluding tert-OH is 2. The van der Waals surface area contributed by atoms with E-state index in [1.807, 2.05) is 0 Å². The van der Waals surface area contributed by atoms with Gasteiger partial charge < -0.3 is 34.5 Å². The summed E-state index contributed by atoms with van der Waals surface area (Å²) in [6.07, 6.45) is -5.96. The minimum atomic E-state index is -5.75. The molecule has 3 heterocycles. The number of aliphatic imine (C=N–C) groups is 3. The highest BCUT2D eigenvalue weighted by Gasteiger charge is 2.52. The molecule has 0 bridgehead atoms. The molecule has 178 valence electrons. The van der Waals surface area contributed by atoms with Gasteiger partial charge in [0.05, 0.1) is 6.61 Å². The van der Waals surface area contributed by atoms with Crippen LogP contribution in [-0.4, -0.2) is 95.6 Å². The average Bonchev–Trinajstić information content (AvgIpc) is 3.08. The Morgan fingerprint density at radius 2 is 1.75 bits per heavy atom. The molecule has 19 nitrogen and oxygen atoms in total. The van der Waals surface area contributed by atoms with E-state index in [-0.39, 0.29) is 11.5 Å². The van der Waals surface area contributed by atoms with Crippen molar-refractivity contribution in [1.29, 1.82) is 5.41 Å². The van der Waals surface area contributed by atoms with Gasteiger partial charge in [-0.05, 0) is 0 Å². The lowest BCUT2D eigenvalue weighted by atomic mass is 10.1. The molecule has 3 aliphatic heterocycles. The largest absolute Gasteiger partial charge is 0.490 e. The molecule has 22 heteroatoms. The number of aliphatic hydroxyl groups is 2. The fraction of sp³-hybridized carbons (Fsp3) is 0.500. The molecule has 3 aliphatic rings. The molecular formula is C10H14N5O14P3. The van der Waals surface area contributed by atoms with Gasteiger partial charge in [-0.3, -0.25) is 9.93 Å². The summed E-state index contributed by atoms with van der Waals surface area (Å²) in [5.74, 6) is -0.608. The predicted molar refractivity (Wildman–Crippen MR) is 98.8 cm³/mol. The predicted octanol–water partition coefficient (Wildman–Crippen LogP) is -1.93. The van der Waals surface area contributed by atoms with Gasteiger partial charge in [-0.25, -0.2) is 33.4 Å². The van der Waals surface area contributed by atoms with Crippen molar-refractivity contribution in [2.75, 3.05) is 6.61 Å². The quantitative estimate of drug-likeness (QED) is 0.171. The minimum Gasteiger partial charge on any atom is -0.387 e. The summed E-state index contributed by atoms with van der Waals surface area (Å²) in [5, 5.41) is 28.0. The number of carbonyl (C=O) groups is 1. The number of fused-ring (bicyclic) bond motifs is 1. The topological polar surface area (TPSA) is 291 Å². The minimum absolute atomic E-state index is 0.209. The summed E-state index contributed by atoms with van der Waals surface area (Å²) in [4.78, 5) is 59.3. The maximum Gasteiger partial charge on any atom is 0.490 e. The van der Waals surface area contributed by atoms with E-state index in [2.05, 4.69) is 28.1 Å². The number of carbonyl (C=O) groups excluding carboxylic acids is 1. The van der Waals surface area contributed by atoms with Gasteiger partial charge in [-0.2, -0.15) is 13.6 Å². The molecule has 32 heavy (non-hydrogen) atoms. The number of phosphoric acid groups is 3. The van der Waals surface area contributed by atoms with E-state index in [4.69, 9.17) is 24.8 Å². The summed E-state index contributed by atoms with van der Waals surface area (Å²) in [6, 6.07) is -1.02. The lowest BCUT2D eigenvalue weighted by molar-refractivity contribution is -0.0556. The van der Waals surface area contributed by atoms with E-state index in [0.29, 0.717) is 4.90 Å². The van der Waals surface area contributed by atoms with Crippen LogP contribution in [0.1, 0.15) is 0 Å². The smallest absolute Gasteiger partial charge is 0.387 e. The Bertz CT molecular complexity index is 1070. The Balaban J connectivity index is 1.67. The normalized spacial score (nSPS) is 31.8. The summed E-state index contributed by atoms with van der Waals surface area (Å²) >= 11 is 0. The average molecular weight is 521 g/mol. The number of nitrogens with one attached hydrogen (secondary N) is 1. The highest BCUT2D eigenvalue weighted by molar-refractivity contribution is 7.66. The molecule has 0 aromatic heterocycles. The zero-order chi connectivity index (χ0) is 24.1. The number of rotatable bonds is 8. The van der Waals surface area contributed by atoms with Crippen LogP contribution < -0.4 is 0 Å². The lowest BCUT2D eigenvalue weighted by Crippen LogP contribution is -2.49. The number of amidine groups is 2. The number of nitrogens with zero attached hydrogens (tertiary/aromatic N) is 4. The molecule has 0 saturated carbocycles. The fourth-order valence-electron chi connectivity index (χ4n) is 2.67. The van der Waals surface area contributed by atoms with Crippen LogP contribution in [-0.2, 0) is 31.6 Å². The Kier molecular flexibility index (Phi) is 6.78. The maximum atomic E-state index is 12.2. The van der Waals surface area contributed by atoms with Crippen LogP contribution in [0.15, 0.2) is 15.0 Å². The SMILES string of the molecule is N=C1N=CN=C2C1=NC(=O)N2[C@@H]1O[C@H](COP(=O)(O)OP(=O)(O)OP(=O)(O)O)[C@@H](O)[C@H]1O. The number of phosphoric ester groups is 1. The first kappa shape index (κ1) is 25.1. The van der Waals surface area contributed by atoms with E-state index in [1.165, 1.54) is 0 Å². The standard InChI is InChI=1S/C10H14N5O14P3/c11-7-4-8(13-2-12-7)15(10(18)14-4)9-6(17)5(16)3(27-9)1-26-31(22,23)29-32(24,25)28-30(19,20)21/h2-3,5-6,9,11,16-17H,1H2,(H,22,23)(H,24,25)(H2,19,20,21)/t3-,5-,6-,9-/m1/s1. The molecule has 2 unspecified atom stereocenters. The second-order valence-electron chi connectivity index (χ2n) is 6.09. The van der Waals surface area contributed by atoms with E-state index in [9.17, 15) is 33.6 Å². The monoisotopic (exact) mass is 521 g/mol. The number of hydrogen-bond acceptors (Lipinski definition) is 12. The second kappa shape index (κ2) is 8.66. The first-order chi connectivity index (χ1) is 14.6. The molecule has 0 aliphatic carbocycles. The van der Waals surface area contributed by atoms with Gasteiger partial charge in [0, 0.05) is 0 Å². The second-order valence-corrected chi connectivity index (χ2v) is 10.5. The third kappa shape index (κ3) is 5.49. The Labute approximate surface area is 176 Å². The van der Waals surface area contributed by atoms with Gasteiger partial charge in [0.25, 0.3) is 0 Å². The Hall–Kier alpha value is -1.56. The fourth-order valence-corrected chi connectivity index (χ4v) is 5.70. The highest BCUT2D eigenvalue weighted by Crippen LogP contribution is 2.66. The Morgan fingerprint density at radius 3 is 2.38 bits per heavy atom. The molecule has 6 atom stereocenters. The molecule has 0 spiro atoms. The van der Waals surface area contributed by atoms with Crippen LogP contribution in [0, 0.1) is 5.41 Å². The molecule has 1 saturated heterocycles. The van der Waals surface area contributed by atoms with Crippen LogP contribution in [0.5, 0.6) is 0 Å². The summed E-state index contributed by atoms with van der Waals surface area (Å²) in [6.45, 7) is -1.07. The third-order valence-electron chi connectivity index (χ3n) is 3.85. The number of ether oxygens (including phenoxy) is 1. The van der Waals surface area contributed by atoms with Gasteiger partial charge in [0.15, 0.2) is 23.6 Å². The van der Waals surface area contributed by atoms with E-state index in [0.717, 1.165) is 6.34 Å². The zero-order valence-corrected chi connectivity index (χ0v) is 17.9. The van der Waals surface area contributed by atoms with Crippen molar-refractivity contribution in [1.82, 2.24) is 4.90 Å². The molecule has 0 radical (unpaired) electrons. The van der Waals surface area contributed by atoms with Crippen LogP contribution >= 0.6 is 23.5 Å². The van der Waals surface area contributed by atoms with Crippen LogP contribution in [0.2, 0.25) is 0 Å². The molecule has 0 aromatic rings. The van der Waals surface area contributed by atoms with Crippen LogP contribution in [0.25, 0.3) is 0 Å². The lowest BCUT2D eigenvalue weighted by Gasteiger charge is -2.26. The first-order valence-corrected chi connectivity index (χ1v) is 12.5. The summed E-state index contributed by atoms with van der Waals surface area (Å²) in [7, 11) is -16.8. The van der Waals surface area contributed by atoms with Crippen LogP contribution in [0.4, 0.5) is 4.79 Å². The van der Waals surface area contributed by atoms with Crippen LogP contribution in [0.3, 0.4) is 0 Å². The zero-order valence-electron chi connectivity index (χ0n) is 15.2. The van der Waals surface area contributed by atoms with E-state index >= 15 is 0 Å². The van der Waals surface area contributed by atoms with Crippen molar-refractivity contribution in [3.05, 3.63) is 0 Å².